The molecule has 3 aromatic heterocycles. The molecule has 0 unspecified atom stereocenters. The summed E-state index contributed by atoms with van der Waals surface area (Å²) in [4.78, 5) is 9.70. The maximum Gasteiger partial charge on any atom is 0.126 e. The summed E-state index contributed by atoms with van der Waals surface area (Å²) in [6, 6.07) is 9.89. The third kappa shape index (κ3) is 2.74. The van der Waals surface area contributed by atoms with Gasteiger partial charge in [-0.1, -0.05) is 12.1 Å². The molecule has 4 N–H and O–H groups in total. The molecule has 0 saturated heterocycles. The fourth-order valence-electron chi connectivity index (χ4n) is 2.49. The summed E-state index contributed by atoms with van der Waals surface area (Å²) in [5.41, 5.74) is 11.6. The number of thiazole rings is 1. The van der Waals surface area contributed by atoms with Gasteiger partial charge in [-0.3, -0.25) is 10.1 Å². The predicted octanol–water partition coefficient (Wildman–Crippen LogP) is 3.28. The first-order chi connectivity index (χ1) is 11.3. The van der Waals surface area contributed by atoms with Crippen molar-refractivity contribution >= 4 is 33.7 Å². The first-order valence-electron chi connectivity index (χ1n) is 7.11. The van der Waals surface area contributed by atoms with Crippen LogP contribution in [0.1, 0.15) is 4.88 Å². The molecule has 4 rings (SSSR count). The smallest absolute Gasteiger partial charge is 0.126 e. The SMILES string of the molecule is Nc1cc(NCc2cncs2)c2ccc(-c3ccn[nH]3)cc2n1. The van der Waals surface area contributed by atoms with Crippen molar-refractivity contribution in [1.82, 2.24) is 20.2 Å². The highest BCUT2D eigenvalue weighted by atomic mass is 32.1. The minimum atomic E-state index is 0.492. The summed E-state index contributed by atoms with van der Waals surface area (Å²) < 4.78 is 0. The summed E-state index contributed by atoms with van der Waals surface area (Å²) in [5.74, 6) is 0.492. The lowest BCUT2D eigenvalue weighted by Gasteiger charge is -2.10. The molecule has 0 bridgehead atoms. The number of H-pyrrole nitrogens is 1. The maximum atomic E-state index is 5.96. The average Bonchev–Trinajstić information content (AvgIpc) is 3.25. The molecule has 1 aromatic carbocycles. The normalized spacial score (nSPS) is 11.0. The van der Waals surface area contributed by atoms with Crippen molar-refractivity contribution < 1.29 is 0 Å². The molecule has 0 radical (unpaired) electrons. The van der Waals surface area contributed by atoms with Crippen LogP contribution in [0, 0.1) is 0 Å². The monoisotopic (exact) mass is 322 g/mol. The molecule has 4 aromatic rings. The number of aromatic amines is 1. The second-order valence-electron chi connectivity index (χ2n) is 5.12. The predicted molar refractivity (Wildman–Crippen MR) is 93.2 cm³/mol. The van der Waals surface area contributed by atoms with Gasteiger partial charge in [0.2, 0.25) is 0 Å². The molecule has 114 valence electrons. The van der Waals surface area contributed by atoms with Crippen LogP contribution in [0.3, 0.4) is 0 Å². The summed E-state index contributed by atoms with van der Waals surface area (Å²) in [7, 11) is 0. The number of aromatic nitrogens is 4. The topological polar surface area (TPSA) is 92.5 Å². The zero-order chi connectivity index (χ0) is 15.6. The Morgan fingerprint density at radius 3 is 2.96 bits per heavy atom. The van der Waals surface area contributed by atoms with Gasteiger partial charge in [0.1, 0.15) is 5.82 Å². The van der Waals surface area contributed by atoms with Crippen molar-refractivity contribution in [2.45, 2.75) is 6.54 Å². The van der Waals surface area contributed by atoms with E-state index in [0.717, 1.165) is 27.8 Å². The Labute approximate surface area is 136 Å². The zero-order valence-electron chi connectivity index (χ0n) is 12.2. The van der Waals surface area contributed by atoms with E-state index in [9.17, 15) is 0 Å². The van der Waals surface area contributed by atoms with Gasteiger partial charge < -0.3 is 11.1 Å². The van der Waals surface area contributed by atoms with Crippen molar-refractivity contribution in [1.29, 1.82) is 0 Å². The third-order valence-corrected chi connectivity index (χ3v) is 4.36. The molecular formula is C16H14N6S. The highest BCUT2D eigenvalue weighted by molar-refractivity contribution is 7.09. The van der Waals surface area contributed by atoms with Gasteiger partial charge in [-0.15, -0.1) is 11.3 Å². The summed E-state index contributed by atoms with van der Waals surface area (Å²) in [6.45, 7) is 0.714. The van der Waals surface area contributed by atoms with Crippen LogP contribution in [0.4, 0.5) is 11.5 Å². The van der Waals surface area contributed by atoms with Crippen LogP contribution in [0.15, 0.2) is 48.2 Å². The van der Waals surface area contributed by atoms with Crippen LogP contribution in [0.5, 0.6) is 0 Å². The highest BCUT2D eigenvalue weighted by Crippen LogP contribution is 2.28. The Hall–Kier alpha value is -2.93. The minimum absolute atomic E-state index is 0.492. The van der Waals surface area contributed by atoms with Crippen LogP contribution in [0.25, 0.3) is 22.2 Å². The van der Waals surface area contributed by atoms with E-state index in [0.29, 0.717) is 12.4 Å². The van der Waals surface area contributed by atoms with Gasteiger partial charge >= 0.3 is 0 Å². The van der Waals surface area contributed by atoms with Crippen LogP contribution < -0.4 is 11.1 Å². The van der Waals surface area contributed by atoms with Gasteiger partial charge in [0.15, 0.2) is 0 Å². The standard InChI is InChI=1S/C16H14N6S/c17-16-6-14(19-8-11-7-18-9-23-11)12-2-1-10(5-15(12)21-16)13-3-4-20-22-13/h1-7,9H,8H2,(H,20,22)(H3,17,19,21). The fourth-order valence-corrected chi connectivity index (χ4v) is 3.03. The molecule has 0 aliphatic rings. The minimum Gasteiger partial charge on any atom is -0.384 e. The molecule has 0 saturated carbocycles. The maximum absolute atomic E-state index is 5.96. The van der Waals surface area contributed by atoms with E-state index in [1.54, 1.807) is 17.5 Å². The van der Waals surface area contributed by atoms with Crippen molar-refractivity contribution in [3.8, 4) is 11.3 Å². The van der Waals surface area contributed by atoms with Gasteiger partial charge in [0, 0.05) is 40.0 Å². The number of nitrogens with zero attached hydrogens (tertiary/aromatic N) is 3. The number of rotatable bonds is 4. The van der Waals surface area contributed by atoms with E-state index in [4.69, 9.17) is 5.73 Å². The molecule has 0 spiro atoms. The summed E-state index contributed by atoms with van der Waals surface area (Å²) in [6.07, 6.45) is 3.59. The second kappa shape index (κ2) is 5.69. The number of benzene rings is 1. The molecule has 23 heavy (non-hydrogen) atoms. The molecule has 0 aliphatic carbocycles. The van der Waals surface area contributed by atoms with E-state index >= 15 is 0 Å². The number of nitrogens with two attached hydrogens (primary N) is 1. The van der Waals surface area contributed by atoms with Gasteiger partial charge in [-0.2, -0.15) is 5.10 Å². The van der Waals surface area contributed by atoms with Crippen LogP contribution in [-0.2, 0) is 6.54 Å². The average molecular weight is 322 g/mol. The van der Waals surface area contributed by atoms with Gasteiger partial charge in [0.25, 0.3) is 0 Å². The summed E-state index contributed by atoms with van der Waals surface area (Å²) in [5, 5.41) is 11.4. The number of fused-ring (bicyclic) bond motifs is 1. The first kappa shape index (κ1) is 13.7. The lowest BCUT2D eigenvalue weighted by Crippen LogP contribution is -2.01. The number of pyridine rings is 1. The van der Waals surface area contributed by atoms with E-state index in [1.165, 1.54) is 4.88 Å². The third-order valence-electron chi connectivity index (χ3n) is 3.58. The van der Waals surface area contributed by atoms with Crippen LogP contribution in [-0.4, -0.2) is 20.2 Å². The molecule has 6 nitrogen and oxygen atoms in total. The van der Waals surface area contributed by atoms with Gasteiger partial charge in [-0.05, 0) is 12.1 Å². The molecule has 0 aliphatic heterocycles. The first-order valence-corrected chi connectivity index (χ1v) is 7.99. The molecule has 7 heteroatoms. The number of nitrogens with one attached hydrogen (secondary N) is 2. The number of hydrogen-bond donors (Lipinski definition) is 3. The van der Waals surface area contributed by atoms with E-state index < -0.39 is 0 Å². The van der Waals surface area contributed by atoms with Crippen molar-refractivity contribution in [3.63, 3.8) is 0 Å². The van der Waals surface area contributed by atoms with Crippen LogP contribution >= 0.6 is 11.3 Å². The number of anilines is 2. The van der Waals surface area contributed by atoms with E-state index in [-0.39, 0.29) is 0 Å². The fraction of sp³-hybridized carbons (Fsp3) is 0.0625. The Bertz CT molecular complexity index is 931. The van der Waals surface area contributed by atoms with Gasteiger partial charge in [0.05, 0.1) is 23.3 Å². The number of hydrogen-bond acceptors (Lipinski definition) is 6. The second-order valence-corrected chi connectivity index (χ2v) is 6.09. The quantitative estimate of drug-likeness (QED) is 0.536. The number of nitrogen functional groups attached to an aromatic ring is 1. The zero-order valence-corrected chi connectivity index (χ0v) is 13.0. The largest absolute Gasteiger partial charge is 0.384 e. The Morgan fingerprint density at radius 1 is 1.22 bits per heavy atom. The highest BCUT2D eigenvalue weighted by Gasteiger charge is 2.07. The molecule has 0 fully saturated rings. The Balaban J connectivity index is 1.73. The molecule has 0 amide bonds. The Kier molecular flexibility index (Phi) is 3.39. The molecule has 0 atom stereocenters. The summed E-state index contributed by atoms with van der Waals surface area (Å²) >= 11 is 1.62. The van der Waals surface area contributed by atoms with Gasteiger partial charge in [-0.25, -0.2) is 4.98 Å². The van der Waals surface area contributed by atoms with E-state index in [2.05, 4.69) is 25.5 Å². The lowest BCUT2D eigenvalue weighted by atomic mass is 10.1. The van der Waals surface area contributed by atoms with Crippen LogP contribution in [0.2, 0.25) is 0 Å². The van der Waals surface area contributed by atoms with Crippen molar-refractivity contribution in [2.24, 2.45) is 0 Å². The van der Waals surface area contributed by atoms with E-state index in [1.807, 2.05) is 42.0 Å². The Morgan fingerprint density at radius 2 is 2.17 bits per heavy atom. The van der Waals surface area contributed by atoms with Crippen molar-refractivity contribution in [2.75, 3.05) is 11.1 Å². The van der Waals surface area contributed by atoms with Crippen molar-refractivity contribution in [3.05, 3.63) is 53.1 Å². The molecule has 3 heterocycles. The lowest BCUT2D eigenvalue weighted by molar-refractivity contribution is 1.10. The molecular weight excluding hydrogens is 308 g/mol.